The van der Waals surface area contributed by atoms with E-state index in [0.29, 0.717) is 19.1 Å². The number of benzene rings is 1. The van der Waals surface area contributed by atoms with E-state index >= 15 is 0 Å². The molecule has 0 bridgehead atoms. The molecule has 2 aromatic rings. The van der Waals surface area contributed by atoms with Crippen LogP contribution in [0.2, 0.25) is 5.02 Å². The molecule has 0 aliphatic rings. The quantitative estimate of drug-likeness (QED) is 0.799. The van der Waals surface area contributed by atoms with Gasteiger partial charge in [0.2, 0.25) is 5.95 Å². The first-order valence-electron chi connectivity index (χ1n) is 6.70. The smallest absolute Gasteiger partial charge is 0.224 e. The number of aryl methyl sites for hydroxylation is 2. The molecule has 0 saturated carbocycles. The van der Waals surface area contributed by atoms with Crippen LogP contribution in [0.3, 0.4) is 0 Å². The Labute approximate surface area is 129 Å². The monoisotopic (exact) mass is 306 g/mol. The second kappa shape index (κ2) is 7.24. The minimum absolute atomic E-state index is 0.584. The van der Waals surface area contributed by atoms with Crippen molar-refractivity contribution < 1.29 is 4.74 Å². The lowest BCUT2D eigenvalue weighted by molar-refractivity contribution is 0.210. The summed E-state index contributed by atoms with van der Waals surface area (Å²) in [5.41, 5.74) is 2.92. The largest absolute Gasteiger partial charge is 0.383 e. The van der Waals surface area contributed by atoms with E-state index in [0.717, 1.165) is 27.8 Å². The van der Waals surface area contributed by atoms with Gasteiger partial charge in [-0.25, -0.2) is 4.98 Å². The van der Waals surface area contributed by atoms with Crippen LogP contribution >= 0.6 is 11.6 Å². The lowest BCUT2D eigenvalue weighted by atomic mass is 10.2. The lowest BCUT2D eigenvalue weighted by Crippen LogP contribution is -2.11. The molecule has 21 heavy (non-hydrogen) atoms. The maximum absolute atomic E-state index is 5.97. The molecule has 0 aliphatic carbocycles. The molecule has 0 fully saturated rings. The van der Waals surface area contributed by atoms with E-state index in [9.17, 15) is 0 Å². The Kier molecular flexibility index (Phi) is 5.36. The van der Waals surface area contributed by atoms with E-state index in [2.05, 4.69) is 20.6 Å². The van der Waals surface area contributed by atoms with Crippen LogP contribution in [-0.4, -0.2) is 30.2 Å². The van der Waals surface area contributed by atoms with Gasteiger partial charge in [-0.05, 0) is 37.6 Å². The molecule has 1 heterocycles. The Balaban J connectivity index is 2.15. The minimum Gasteiger partial charge on any atom is -0.383 e. The minimum atomic E-state index is 0.584. The van der Waals surface area contributed by atoms with Crippen molar-refractivity contribution in [1.29, 1.82) is 0 Å². The summed E-state index contributed by atoms with van der Waals surface area (Å²) in [5.74, 6) is 1.33. The Morgan fingerprint density at radius 2 is 2.00 bits per heavy atom. The molecule has 0 radical (unpaired) electrons. The summed E-state index contributed by atoms with van der Waals surface area (Å²) in [6.45, 7) is 5.21. The van der Waals surface area contributed by atoms with Crippen LogP contribution in [0.4, 0.5) is 17.5 Å². The van der Waals surface area contributed by atoms with Crippen LogP contribution in [0.5, 0.6) is 0 Å². The van der Waals surface area contributed by atoms with Crippen molar-refractivity contribution in [1.82, 2.24) is 9.97 Å². The summed E-state index contributed by atoms with van der Waals surface area (Å²) in [6, 6.07) is 7.60. The number of hydrogen-bond donors (Lipinski definition) is 2. The molecule has 0 amide bonds. The van der Waals surface area contributed by atoms with E-state index in [-0.39, 0.29) is 0 Å². The molecule has 6 heteroatoms. The van der Waals surface area contributed by atoms with Gasteiger partial charge in [0, 0.05) is 36.1 Å². The van der Waals surface area contributed by atoms with Crippen molar-refractivity contribution in [3.8, 4) is 0 Å². The molecule has 0 unspecified atom stereocenters. The molecule has 0 aliphatic heterocycles. The Morgan fingerprint density at radius 1 is 1.19 bits per heavy atom. The van der Waals surface area contributed by atoms with Crippen LogP contribution in [0.1, 0.15) is 11.3 Å². The first-order valence-corrected chi connectivity index (χ1v) is 7.08. The van der Waals surface area contributed by atoms with Crippen LogP contribution < -0.4 is 10.6 Å². The fourth-order valence-electron chi connectivity index (χ4n) is 1.88. The SMILES string of the molecule is COCCNc1nc(C)cc(Nc2ccc(Cl)cc2C)n1. The van der Waals surface area contributed by atoms with Crippen LogP contribution in [0.15, 0.2) is 24.3 Å². The first kappa shape index (κ1) is 15.5. The third-order valence-corrected chi connectivity index (χ3v) is 3.13. The zero-order valence-corrected chi connectivity index (χ0v) is 13.2. The van der Waals surface area contributed by atoms with Gasteiger partial charge >= 0.3 is 0 Å². The van der Waals surface area contributed by atoms with E-state index < -0.39 is 0 Å². The van der Waals surface area contributed by atoms with Crippen LogP contribution in [0.25, 0.3) is 0 Å². The fourth-order valence-corrected chi connectivity index (χ4v) is 2.11. The standard InChI is InChI=1S/C15H19ClN4O/c1-10-8-12(16)4-5-13(10)19-14-9-11(2)18-15(20-14)17-6-7-21-3/h4-5,8-9H,6-7H2,1-3H3,(H2,17,18,19,20). The van der Waals surface area contributed by atoms with Crippen molar-refractivity contribution in [3.63, 3.8) is 0 Å². The maximum Gasteiger partial charge on any atom is 0.224 e. The maximum atomic E-state index is 5.97. The zero-order chi connectivity index (χ0) is 15.2. The van der Waals surface area contributed by atoms with Crippen molar-refractivity contribution in [2.24, 2.45) is 0 Å². The highest BCUT2D eigenvalue weighted by atomic mass is 35.5. The number of halogens is 1. The molecular weight excluding hydrogens is 288 g/mol. The van der Waals surface area contributed by atoms with Crippen LogP contribution in [0, 0.1) is 13.8 Å². The van der Waals surface area contributed by atoms with E-state index in [1.165, 1.54) is 0 Å². The van der Waals surface area contributed by atoms with Gasteiger partial charge in [-0.1, -0.05) is 11.6 Å². The molecule has 0 atom stereocenters. The van der Waals surface area contributed by atoms with Gasteiger partial charge in [0.1, 0.15) is 5.82 Å². The summed E-state index contributed by atoms with van der Waals surface area (Å²) >= 11 is 5.97. The van der Waals surface area contributed by atoms with Crippen molar-refractivity contribution in [2.45, 2.75) is 13.8 Å². The van der Waals surface area contributed by atoms with Gasteiger partial charge in [-0.2, -0.15) is 4.98 Å². The molecule has 112 valence electrons. The van der Waals surface area contributed by atoms with Gasteiger partial charge < -0.3 is 15.4 Å². The van der Waals surface area contributed by atoms with Gasteiger partial charge in [-0.15, -0.1) is 0 Å². The third-order valence-electron chi connectivity index (χ3n) is 2.89. The summed E-state index contributed by atoms with van der Waals surface area (Å²) in [6.07, 6.45) is 0. The normalized spacial score (nSPS) is 10.5. The average molecular weight is 307 g/mol. The number of nitrogens with zero attached hydrogens (tertiary/aromatic N) is 2. The highest BCUT2D eigenvalue weighted by Gasteiger charge is 2.04. The summed E-state index contributed by atoms with van der Waals surface area (Å²) in [4.78, 5) is 8.79. The number of anilines is 3. The Hall–Kier alpha value is -1.85. The summed E-state index contributed by atoms with van der Waals surface area (Å²) in [5, 5.41) is 7.14. The highest BCUT2D eigenvalue weighted by molar-refractivity contribution is 6.30. The first-order chi connectivity index (χ1) is 10.1. The van der Waals surface area contributed by atoms with E-state index in [1.807, 2.05) is 38.1 Å². The lowest BCUT2D eigenvalue weighted by Gasteiger charge is -2.11. The average Bonchev–Trinajstić information content (AvgIpc) is 2.42. The van der Waals surface area contributed by atoms with Gasteiger partial charge in [-0.3, -0.25) is 0 Å². The number of aromatic nitrogens is 2. The van der Waals surface area contributed by atoms with E-state index in [1.54, 1.807) is 7.11 Å². The summed E-state index contributed by atoms with van der Waals surface area (Å²) < 4.78 is 5.00. The van der Waals surface area contributed by atoms with Crippen LogP contribution in [-0.2, 0) is 4.74 Å². The van der Waals surface area contributed by atoms with Crippen molar-refractivity contribution in [3.05, 3.63) is 40.5 Å². The topological polar surface area (TPSA) is 59.1 Å². The fraction of sp³-hybridized carbons (Fsp3) is 0.333. The Bertz CT molecular complexity index is 619. The molecule has 2 rings (SSSR count). The van der Waals surface area contributed by atoms with Crippen molar-refractivity contribution in [2.75, 3.05) is 30.9 Å². The number of rotatable bonds is 6. The highest BCUT2D eigenvalue weighted by Crippen LogP contribution is 2.23. The molecule has 5 nitrogen and oxygen atoms in total. The number of ether oxygens (including phenoxy) is 1. The Morgan fingerprint density at radius 3 is 2.71 bits per heavy atom. The predicted octanol–water partition coefficient (Wildman–Crippen LogP) is 3.55. The second-order valence-corrected chi connectivity index (χ2v) is 5.16. The molecule has 0 spiro atoms. The molecular formula is C15H19ClN4O. The van der Waals surface area contributed by atoms with Gasteiger partial charge in [0.25, 0.3) is 0 Å². The number of hydrogen-bond acceptors (Lipinski definition) is 5. The van der Waals surface area contributed by atoms with Gasteiger partial charge in [0.05, 0.1) is 6.61 Å². The zero-order valence-electron chi connectivity index (χ0n) is 12.4. The second-order valence-electron chi connectivity index (χ2n) is 4.72. The summed E-state index contributed by atoms with van der Waals surface area (Å²) in [7, 11) is 1.66. The third kappa shape index (κ3) is 4.58. The van der Waals surface area contributed by atoms with Gasteiger partial charge in [0.15, 0.2) is 0 Å². The molecule has 1 aromatic heterocycles. The predicted molar refractivity (Wildman–Crippen MR) is 86.6 cm³/mol. The van der Waals surface area contributed by atoms with E-state index in [4.69, 9.17) is 16.3 Å². The molecule has 2 N–H and O–H groups in total. The van der Waals surface area contributed by atoms with Crippen molar-refractivity contribution >= 4 is 29.1 Å². The number of methoxy groups -OCH3 is 1. The molecule has 0 saturated heterocycles. The molecule has 1 aromatic carbocycles. The number of nitrogens with one attached hydrogen (secondary N) is 2.